The predicted molar refractivity (Wildman–Crippen MR) is 109 cm³/mol. The summed E-state index contributed by atoms with van der Waals surface area (Å²) in [5, 5.41) is -0.246. The van der Waals surface area contributed by atoms with Crippen LogP contribution < -0.4 is 0 Å². The van der Waals surface area contributed by atoms with Crippen LogP contribution in [0.3, 0.4) is 0 Å². The molecule has 25 heavy (non-hydrogen) atoms. The van der Waals surface area contributed by atoms with Crippen LogP contribution in [0.25, 0.3) is 6.08 Å². The second-order valence-corrected chi connectivity index (χ2v) is 8.06. The summed E-state index contributed by atoms with van der Waals surface area (Å²) in [6.07, 6.45) is 5.37. The normalized spacial score (nSPS) is 16.4. The van der Waals surface area contributed by atoms with Gasteiger partial charge in [0.1, 0.15) is 0 Å². The van der Waals surface area contributed by atoms with Gasteiger partial charge in [0.25, 0.3) is 11.1 Å². The predicted octanol–water partition coefficient (Wildman–Crippen LogP) is 6.00. The van der Waals surface area contributed by atoms with E-state index >= 15 is 0 Å². The number of allylic oxidation sites excluding steroid dienone is 2. The lowest BCUT2D eigenvalue weighted by Crippen LogP contribution is -2.27. The highest BCUT2D eigenvalue weighted by atomic mass is 79.9. The van der Waals surface area contributed by atoms with Crippen molar-refractivity contribution in [3.8, 4) is 0 Å². The van der Waals surface area contributed by atoms with E-state index in [1.165, 1.54) is 4.90 Å². The minimum atomic E-state index is -0.258. The summed E-state index contributed by atoms with van der Waals surface area (Å²) in [7, 11) is 0. The molecule has 1 aliphatic heterocycles. The van der Waals surface area contributed by atoms with Gasteiger partial charge in [0.2, 0.25) is 0 Å². The molecule has 2 aromatic rings. The van der Waals surface area contributed by atoms with Gasteiger partial charge in [0.05, 0.1) is 11.4 Å². The monoisotopic (exact) mass is 477 g/mol. The van der Waals surface area contributed by atoms with Gasteiger partial charge < -0.3 is 0 Å². The lowest BCUT2D eigenvalue weighted by molar-refractivity contribution is -0.123. The minimum Gasteiger partial charge on any atom is -0.268 e. The molecule has 1 fully saturated rings. The zero-order valence-electron chi connectivity index (χ0n) is 13.0. The van der Waals surface area contributed by atoms with E-state index in [1.807, 2.05) is 54.6 Å². The van der Waals surface area contributed by atoms with Gasteiger partial charge in [0.15, 0.2) is 0 Å². The molecule has 1 saturated heterocycles. The van der Waals surface area contributed by atoms with Crippen molar-refractivity contribution in [1.29, 1.82) is 0 Å². The summed E-state index contributed by atoms with van der Waals surface area (Å²) >= 11 is 7.81. The first kappa shape index (κ1) is 18.2. The van der Waals surface area contributed by atoms with Crippen LogP contribution in [0.15, 0.2) is 74.5 Å². The van der Waals surface area contributed by atoms with Gasteiger partial charge >= 0.3 is 0 Å². The molecule has 126 valence electrons. The molecule has 0 atom stereocenters. The molecule has 0 unspecified atom stereocenters. The lowest BCUT2D eigenvalue weighted by Gasteiger charge is -2.13. The number of thioether (sulfide) groups is 1. The number of hydrogen-bond donors (Lipinski definition) is 0. The fourth-order valence-corrected chi connectivity index (χ4v) is 3.73. The first-order valence-electron chi connectivity index (χ1n) is 7.45. The Morgan fingerprint density at radius 1 is 1.00 bits per heavy atom. The van der Waals surface area contributed by atoms with E-state index < -0.39 is 0 Å². The van der Waals surface area contributed by atoms with Crippen molar-refractivity contribution in [2.24, 2.45) is 0 Å². The molecule has 0 spiro atoms. The third-order valence-electron chi connectivity index (χ3n) is 3.57. The van der Waals surface area contributed by atoms with Crippen LogP contribution in [0, 0.1) is 0 Å². The maximum Gasteiger partial charge on any atom is 0.293 e. The Balaban J connectivity index is 1.72. The summed E-state index contributed by atoms with van der Waals surface area (Å²) < 4.78 is 1.89. The smallest absolute Gasteiger partial charge is 0.268 e. The van der Waals surface area contributed by atoms with Gasteiger partial charge in [-0.05, 0) is 47.2 Å². The molecule has 0 N–H and O–H groups in total. The topological polar surface area (TPSA) is 37.4 Å². The number of amides is 2. The van der Waals surface area contributed by atoms with Gasteiger partial charge in [-0.25, -0.2) is 0 Å². The Hall–Kier alpha value is -1.63. The number of rotatable bonds is 4. The number of nitrogens with zero attached hydrogens (tertiary/aromatic N) is 1. The average molecular weight is 479 g/mol. The minimum absolute atomic E-state index is 0.246. The molecule has 1 aliphatic rings. The SMILES string of the molecule is O=C1S/C(=C\C=C\c2ccc(Br)cc2)C(=O)N1Cc1ccccc1Br. The Labute approximate surface area is 167 Å². The van der Waals surface area contributed by atoms with Gasteiger partial charge in [-0.3, -0.25) is 14.5 Å². The average Bonchev–Trinajstić information content (AvgIpc) is 2.86. The largest absolute Gasteiger partial charge is 0.293 e. The van der Waals surface area contributed by atoms with Crippen molar-refractivity contribution in [1.82, 2.24) is 4.90 Å². The molecule has 3 rings (SSSR count). The van der Waals surface area contributed by atoms with Crippen LogP contribution in [-0.4, -0.2) is 16.0 Å². The molecule has 6 heteroatoms. The van der Waals surface area contributed by atoms with Crippen molar-refractivity contribution in [3.63, 3.8) is 0 Å². The third kappa shape index (κ3) is 4.51. The highest BCUT2D eigenvalue weighted by Gasteiger charge is 2.34. The van der Waals surface area contributed by atoms with Gasteiger partial charge in [-0.2, -0.15) is 0 Å². The molecule has 0 saturated carbocycles. The van der Waals surface area contributed by atoms with E-state index in [1.54, 1.807) is 12.2 Å². The number of imide groups is 1. The molecule has 1 heterocycles. The van der Waals surface area contributed by atoms with Crippen molar-refractivity contribution >= 4 is 60.8 Å². The molecule has 0 bridgehead atoms. The van der Waals surface area contributed by atoms with Crippen molar-refractivity contribution in [2.45, 2.75) is 6.54 Å². The van der Waals surface area contributed by atoms with Crippen molar-refractivity contribution in [2.75, 3.05) is 0 Å². The fraction of sp³-hybridized carbons (Fsp3) is 0.0526. The van der Waals surface area contributed by atoms with Crippen molar-refractivity contribution < 1.29 is 9.59 Å². The maximum absolute atomic E-state index is 12.5. The highest BCUT2D eigenvalue weighted by Crippen LogP contribution is 2.32. The molecule has 0 radical (unpaired) electrons. The summed E-state index contributed by atoms with van der Waals surface area (Å²) in [5.74, 6) is -0.258. The second kappa shape index (κ2) is 8.17. The Morgan fingerprint density at radius 3 is 2.44 bits per heavy atom. The van der Waals surface area contributed by atoms with E-state index in [4.69, 9.17) is 0 Å². The van der Waals surface area contributed by atoms with Gasteiger partial charge in [-0.15, -0.1) is 0 Å². The molecule has 2 aromatic carbocycles. The first-order chi connectivity index (χ1) is 12.0. The number of benzene rings is 2. The van der Waals surface area contributed by atoms with E-state index in [-0.39, 0.29) is 17.7 Å². The van der Waals surface area contributed by atoms with E-state index in [2.05, 4.69) is 31.9 Å². The second-order valence-electron chi connectivity index (χ2n) is 5.29. The van der Waals surface area contributed by atoms with Crippen LogP contribution in [0.5, 0.6) is 0 Å². The Kier molecular flexibility index (Phi) is 5.93. The highest BCUT2D eigenvalue weighted by molar-refractivity contribution is 9.10. The molecule has 3 nitrogen and oxygen atoms in total. The summed E-state index contributed by atoms with van der Waals surface area (Å²) in [6.45, 7) is 0.264. The lowest BCUT2D eigenvalue weighted by atomic mass is 10.2. The quantitative estimate of drug-likeness (QED) is 0.505. The van der Waals surface area contributed by atoms with E-state index in [9.17, 15) is 9.59 Å². The molecule has 0 aliphatic carbocycles. The number of carbonyl (C=O) groups excluding carboxylic acids is 2. The van der Waals surface area contributed by atoms with Crippen molar-refractivity contribution in [3.05, 3.63) is 85.7 Å². The summed E-state index contributed by atoms with van der Waals surface area (Å²) in [5.41, 5.74) is 1.92. The first-order valence-corrected chi connectivity index (χ1v) is 9.86. The molecular weight excluding hydrogens is 466 g/mol. The van der Waals surface area contributed by atoms with Gasteiger partial charge in [-0.1, -0.05) is 74.3 Å². The zero-order valence-corrected chi connectivity index (χ0v) is 17.0. The van der Waals surface area contributed by atoms with E-state index in [0.717, 1.165) is 31.8 Å². The standard InChI is InChI=1S/C19H13Br2NO2S/c20-15-10-8-13(9-11-15)4-3-7-17-18(23)22(19(24)25-17)12-14-5-1-2-6-16(14)21/h1-11H,12H2/b4-3+,17-7-. The Bertz CT molecular complexity index is 875. The molecular formula is C19H13Br2NO2S. The maximum atomic E-state index is 12.5. The number of hydrogen-bond acceptors (Lipinski definition) is 3. The van der Waals surface area contributed by atoms with E-state index in [0.29, 0.717) is 4.91 Å². The molecule has 2 amide bonds. The summed E-state index contributed by atoms with van der Waals surface area (Å²) in [6, 6.07) is 15.4. The number of carbonyl (C=O) groups is 2. The third-order valence-corrected chi connectivity index (χ3v) is 5.79. The van der Waals surface area contributed by atoms with Gasteiger partial charge in [0, 0.05) is 8.95 Å². The zero-order chi connectivity index (χ0) is 17.8. The summed E-state index contributed by atoms with van der Waals surface area (Å²) in [4.78, 5) is 26.3. The Morgan fingerprint density at radius 2 is 1.72 bits per heavy atom. The van der Waals surface area contributed by atoms with Crippen LogP contribution in [0.4, 0.5) is 4.79 Å². The number of halogens is 2. The molecule has 0 aromatic heterocycles. The van der Waals surface area contributed by atoms with Crippen LogP contribution in [0.2, 0.25) is 0 Å². The van der Waals surface area contributed by atoms with Crippen LogP contribution in [-0.2, 0) is 11.3 Å². The van der Waals surface area contributed by atoms with Crippen LogP contribution in [0.1, 0.15) is 11.1 Å². The van der Waals surface area contributed by atoms with Crippen LogP contribution >= 0.6 is 43.6 Å². The fourth-order valence-electron chi connectivity index (χ4n) is 2.27.